The average molecular weight is 674 g/mol. The van der Waals surface area contributed by atoms with E-state index in [9.17, 15) is 9.59 Å². The van der Waals surface area contributed by atoms with Gasteiger partial charge in [-0.1, -0.05) is 57.1 Å². The molecule has 1 atom stereocenters. The summed E-state index contributed by atoms with van der Waals surface area (Å²) in [6.45, 7) is 3.68. The van der Waals surface area contributed by atoms with Gasteiger partial charge in [0.05, 0.1) is 33.1 Å². The van der Waals surface area contributed by atoms with Crippen molar-refractivity contribution in [2.24, 2.45) is 4.99 Å². The summed E-state index contributed by atoms with van der Waals surface area (Å²) in [5, 5.41) is 0.446. The van der Waals surface area contributed by atoms with Crippen LogP contribution in [0.15, 0.2) is 61.9 Å². The number of hydrogen-bond acceptors (Lipinski definition) is 6. The standard InChI is InChI=1S/C24H19BrClIN2O4S/c1-4-33-23(31)19-12(2)28-24-29(20(19)15-7-5-6-8-16(15)26)22(30)18(34-24)10-13-9-14(25)11-17(27)21(13)32-3/h5-11,20H,4H2,1-3H3/b18-10-/t20-/m1/s1. The number of benzene rings is 2. The fourth-order valence-electron chi connectivity index (χ4n) is 3.83. The molecule has 1 aliphatic heterocycles. The molecule has 176 valence electrons. The Balaban J connectivity index is 2.01. The van der Waals surface area contributed by atoms with Crippen molar-refractivity contribution in [1.29, 1.82) is 0 Å². The van der Waals surface area contributed by atoms with Gasteiger partial charge < -0.3 is 9.47 Å². The van der Waals surface area contributed by atoms with Gasteiger partial charge in [0.2, 0.25) is 0 Å². The molecule has 0 bridgehead atoms. The predicted octanol–water partition coefficient (Wildman–Crippen LogP) is 4.83. The van der Waals surface area contributed by atoms with E-state index in [1.54, 1.807) is 39.2 Å². The highest BCUT2D eigenvalue weighted by Crippen LogP contribution is 2.34. The second-order valence-electron chi connectivity index (χ2n) is 7.33. The molecule has 1 aliphatic rings. The van der Waals surface area contributed by atoms with E-state index in [1.807, 2.05) is 24.3 Å². The second kappa shape index (κ2) is 10.3. The first-order valence-corrected chi connectivity index (χ1v) is 13.3. The van der Waals surface area contributed by atoms with Gasteiger partial charge in [-0.3, -0.25) is 9.36 Å². The third-order valence-electron chi connectivity index (χ3n) is 5.24. The smallest absolute Gasteiger partial charge is 0.338 e. The van der Waals surface area contributed by atoms with Gasteiger partial charge in [0.1, 0.15) is 11.8 Å². The van der Waals surface area contributed by atoms with E-state index in [0.29, 0.717) is 36.9 Å². The van der Waals surface area contributed by atoms with Gasteiger partial charge >= 0.3 is 5.97 Å². The van der Waals surface area contributed by atoms with Crippen LogP contribution in [0.4, 0.5) is 0 Å². The van der Waals surface area contributed by atoms with Crippen molar-refractivity contribution >= 4 is 73.5 Å². The van der Waals surface area contributed by atoms with Crippen LogP contribution in [0.5, 0.6) is 5.75 Å². The normalized spacial score (nSPS) is 15.7. The Morgan fingerprint density at radius 2 is 2.09 bits per heavy atom. The van der Waals surface area contributed by atoms with E-state index in [1.165, 1.54) is 15.9 Å². The number of aromatic nitrogens is 1. The van der Waals surface area contributed by atoms with Crippen molar-refractivity contribution in [3.8, 4) is 5.75 Å². The molecule has 1 aromatic heterocycles. The summed E-state index contributed by atoms with van der Waals surface area (Å²) in [5.41, 5.74) is 1.89. The number of carbonyl (C=O) groups excluding carboxylic acids is 1. The molecule has 0 amide bonds. The van der Waals surface area contributed by atoms with Gasteiger partial charge in [0.15, 0.2) is 4.80 Å². The van der Waals surface area contributed by atoms with Crippen LogP contribution in [0.3, 0.4) is 0 Å². The maximum absolute atomic E-state index is 13.7. The summed E-state index contributed by atoms with van der Waals surface area (Å²) >= 11 is 13.5. The second-order valence-corrected chi connectivity index (χ2v) is 10.8. The van der Waals surface area contributed by atoms with Crippen molar-refractivity contribution in [3.63, 3.8) is 0 Å². The van der Waals surface area contributed by atoms with Crippen molar-refractivity contribution in [2.75, 3.05) is 13.7 Å². The van der Waals surface area contributed by atoms with Crippen LogP contribution < -0.4 is 19.6 Å². The Hall–Kier alpha value is -1.95. The predicted molar refractivity (Wildman–Crippen MR) is 145 cm³/mol. The first-order valence-electron chi connectivity index (χ1n) is 10.2. The van der Waals surface area contributed by atoms with Gasteiger partial charge in [-0.25, -0.2) is 9.79 Å². The fraction of sp³-hybridized carbons (Fsp3) is 0.208. The molecule has 6 nitrogen and oxygen atoms in total. The molecule has 2 heterocycles. The van der Waals surface area contributed by atoms with Crippen LogP contribution in [0, 0.1) is 3.57 Å². The number of rotatable bonds is 5. The minimum absolute atomic E-state index is 0.205. The molecule has 10 heteroatoms. The number of carbonyl (C=O) groups is 1. The number of nitrogens with zero attached hydrogens (tertiary/aromatic N) is 2. The average Bonchev–Trinajstić information content (AvgIpc) is 3.07. The van der Waals surface area contributed by atoms with E-state index in [-0.39, 0.29) is 12.2 Å². The minimum Gasteiger partial charge on any atom is -0.495 e. The van der Waals surface area contributed by atoms with Crippen molar-refractivity contribution in [2.45, 2.75) is 19.9 Å². The number of fused-ring (bicyclic) bond motifs is 1. The van der Waals surface area contributed by atoms with Crippen LogP contribution in [0.25, 0.3) is 6.08 Å². The summed E-state index contributed by atoms with van der Waals surface area (Å²) in [4.78, 5) is 31.8. The molecule has 0 saturated heterocycles. The monoisotopic (exact) mass is 672 g/mol. The molecule has 2 aromatic carbocycles. The van der Waals surface area contributed by atoms with Crippen LogP contribution in [0.2, 0.25) is 5.02 Å². The van der Waals surface area contributed by atoms with Crippen molar-refractivity contribution in [1.82, 2.24) is 4.57 Å². The van der Waals surface area contributed by atoms with Crippen molar-refractivity contribution < 1.29 is 14.3 Å². The van der Waals surface area contributed by atoms with Crippen LogP contribution in [-0.4, -0.2) is 24.3 Å². The van der Waals surface area contributed by atoms with E-state index >= 15 is 0 Å². The van der Waals surface area contributed by atoms with Gasteiger partial charge in [-0.05, 0) is 66.3 Å². The van der Waals surface area contributed by atoms with E-state index < -0.39 is 12.0 Å². The third kappa shape index (κ3) is 4.62. The van der Waals surface area contributed by atoms with Crippen LogP contribution in [-0.2, 0) is 9.53 Å². The molecule has 3 aromatic rings. The number of methoxy groups -OCH3 is 1. The Bertz CT molecular complexity index is 1510. The zero-order valence-corrected chi connectivity index (χ0v) is 23.7. The van der Waals surface area contributed by atoms with Gasteiger partial charge in [0, 0.05) is 15.1 Å². The summed E-state index contributed by atoms with van der Waals surface area (Å²) in [7, 11) is 1.59. The largest absolute Gasteiger partial charge is 0.495 e. The molecule has 0 aliphatic carbocycles. The molecule has 0 spiro atoms. The van der Waals surface area contributed by atoms with Gasteiger partial charge in [0.25, 0.3) is 5.56 Å². The molecule has 0 fully saturated rings. The number of ether oxygens (including phenoxy) is 2. The quantitative estimate of drug-likeness (QED) is 0.288. The molecular formula is C24H19BrClIN2O4S. The lowest BCUT2D eigenvalue weighted by molar-refractivity contribution is -0.139. The molecule has 4 rings (SSSR count). The SMILES string of the molecule is CCOC(=O)C1=C(C)N=c2s/c(=C\c3cc(Br)cc(I)c3OC)c(=O)n2[C@@H]1c1ccccc1Cl. The zero-order chi connectivity index (χ0) is 24.6. The number of thiazole rings is 1. The lowest BCUT2D eigenvalue weighted by Gasteiger charge is -2.25. The summed E-state index contributed by atoms with van der Waals surface area (Å²) in [6.07, 6.45) is 1.78. The lowest BCUT2D eigenvalue weighted by Crippen LogP contribution is -2.40. The molecule has 0 saturated carbocycles. The summed E-state index contributed by atoms with van der Waals surface area (Å²) in [5.74, 6) is 0.145. The summed E-state index contributed by atoms with van der Waals surface area (Å²) in [6, 6.07) is 10.2. The molecule has 0 N–H and O–H groups in total. The van der Waals surface area contributed by atoms with E-state index in [4.69, 9.17) is 21.1 Å². The van der Waals surface area contributed by atoms with E-state index in [0.717, 1.165) is 13.6 Å². The van der Waals surface area contributed by atoms with Gasteiger partial charge in [-0.2, -0.15) is 0 Å². The number of esters is 1. The Morgan fingerprint density at radius 3 is 2.76 bits per heavy atom. The van der Waals surface area contributed by atoms with Crippen LogP contribution >= 0.6 is 61.5 Å². The third-order valence-corrected chi connectivity index (χ3v) is 7.83. The number of hydrogen-bond donors (Lipinski definition) is 0. The summed E-state index contributed by atoms with van der Waals surface area (Å²) < 4.78 is 14.6. The first-order chi connectivity index (χ1) is 16.3. The Kier molecular flexibility index (Phi) is 7.66. The maximum atomic E-state index is 13.7. The lowest BCUT2D eigenvalue weighted by atomic mass is 9.96. The molecule has 0 unspecified atom stereocenters. The fourth-order valence-corrected chi connectivity index (χ4v) is 6.87. The van der Waals surface area contributed by atoms with Crippen LogP contribution in [0.1, 0.15) is 31.0 Å². The molecule has 0 radical (unpaired) electrons. The molecule has 34 heavy (non-hydrogen) atoms. The topological polar surface area (TPSA) is 69.9 Å². The zero-order valence-electron chi connectivity index (χ0n) is 18.4. The molecular weight excluding hydrogens is 655 g/mol. The highest BCUT2D eigenvalue weighted by Gasteiger charge is 2.34. The van der Waals surface area contributed by atoms with E-state index in [2.05, 4.69) is 43.5 Å². The highest BCUT2D eigenvalue weighted by molar-refractivity contribution is 14.1. The Morgan fingerprint density at radius 1 is 1.35 bits per heavy atom. The maximum Gasteiger partial charge on any atom is 0.338 e. The number of allylic oxidation sites excluding steroid dienone is 1. The Labute approximate surface area is 226 Å². The van der Waals surface area contributed by atoms with Crippen molar-refractivity contribution in [3.05, 3.63) is 91.5 Å². The highest BCUT2D eigenvalue weighted by atomic mass is 127. The minimum atomic E-state index is -0.754. The first kappa shape index (κ1) is 25.2. The van der Waals surface area contributed by atoms with Gasteiger partial charge in [-0.15, -0.1) is 0 Å². The number of halogens is 3.